The molecule has 0 aromatic heterocycles. The molecule has 4 aromatic rings. The summed E-state index contributed by atoms with van der Waals surface area (Å²) in [4.78, 5) is 0. The molecule has 0 amide bonds. The second-order valence-corrected chi connectivity index (χ2v) is 9.17. The van der Waals surface area contributed by atoms with Gasteiger partial charge in [-0.15, -0.1) is 0 Å². The van der Waals surface area contributed by atoms with E-state index in [-0.39, 0.29) is 17.1 Å². The number of hydrogen-bond donors (Lipinski definition) is 0. The molecule has 38 heavy (non-hydrogen) atoms. The minimum absolute atomic E-state index is 0.0638. The molecule has 0 aliphatic rings. The first-order valence-corrected chi connectivity index (χ1v) is 12.7. The van der Waals surface area contributed by atoms with Gasteiger partial charge in [-0.3, -0.25) is 0 Å². The third kappa shape index (κ3) is 6.82. The van der Waals surface area contributed by atoms with Gasteiger partial charge in [-0.1, -0.05) is 62.6 Å². The molecule has 0 atom stereocenters. The SMILES string of the molecule is CCCCCCOc1cc(F)c(-c2ccc3c(F)c(CCc4ccc(OC(F)F)cc4)ccc3c2)c(F)c1. The van der Waals surface area contributed by atoms with E-state index in [1.165, 1.54) is 36.4 Å². The molecule has 0 saturated heterocycles. The lowest BCUT2D eigenvalue weighted by atomic mass is 9.96. The van der Waals surface area contributed by atoms with E-state index in [4.69, 9.17) is 4.74 Å². The van der Waals surface area contributed by atoms with Gasteiger partial charge in [0.2, 0.25) is 0 Å². The molecule has 4 rings (SSSR count). The van der Waals surface area contributed by atoms with E-state index in [0.29, 0.717) is 41.3 Å². The standard InChI is InChI=1S/C31H29F5O2/c1-2-3-4-5-16-37-25-18-27(32)29(28(33)19-25)23-12-15-26-22(17-23)11-10-21(30(26)34)9-6-20-7-13-24(14-8-20)38-31(35)36/h7-8,10-15,17-19,31H,2-6,9,16H2,1H3. The first-order valence-electron chi connectivity index (χ1n) is 12.7. The summed E-state index contributed by atoms with van der Waals surface area (Å²) in [5.74, 6) is -1.67. The molecule has 0 aliphatic carbocycles. The molecule has 0 radical (unpaired) electrons. The first-order chi connectivity index (χ1) is 18.4. The fourth-order valence-electron chi connectivity index (χ4n) is 4.43. The Labute approximate surface area is 219 Å². The summed E-state index contributed by atoms with van der Waals surface area (Å²) in [5.41, 5.74) is 1.45. The van der Waals surface area contributed by atoms with Crippen LogP contribution in [0.5, 0.6) is 11.5 Å². The normalized spacial score (nSPS) is 11.3. The van der Waals surface area contributed by atoms with Crippen molar-refractivity contribution >= 4 is 10.8 Å². The van der Waals surface area contributed by atoms with Gasteiger partial charge >= 0.3 is 6.61 Å². The van der Waals surface area contributed by atoms with Crippen LogP contribution in [0.1, 0.15) is 43.7 Å². The number of alkyl halides is 2. The van der Waals surface area contributed by atoms with Crippen LogP contribution in [0, 0.1) is 17.5 Å². The van der Waals surface area contributed by atoms with Crippen LogP contribution in [-0.4, -0.2) is 13.2 Å². The first kappa shape index (κ1) is 27.4. The van der Waals surface area contributed by atoms with Gasteiger partial charge in [0.15, 0.2) is 0 Å². The third-order valence-electron chi connectivity index (χ3n) is 6.44. The Morgan fingerprint density at radius 2 is 1.47 bits per heavy atom. The molecule has 0 bridgehead atoms. The number of halogens is 5. The molecule has 0 fully saturated rings. The Kier molecular flexibility index (Phi) is 9.21. The summed E-state index contributed by atoms with van der Waals surface area (Å²) in [6.07, 6.45) is 4.89. The zero-order valence-electron chi connectivity index (χ0n) is 21.1. The van der Waals surface area contributed by atoms with E-state index in [2.05, 4.69) is 11.7 Å². The monoisotopic (exact) mass is 528 g/mol. The van der Waals surface area contributed by atoms with Crippen molar-refractivity contribution in [3.8, 4) is 22.6 Å². The second kappa shape index (κ2) is 12.8. The maximum atomic E-state index is 15.3. The van der Waals surface area contributed by atoms with Crippen LogP contribution in [-0.2, 0) is 12.8 Å². The molecule has 0 unspecified atom stereocenters. The highest BCUT2D eigenvalue weighted by Crippen LogP contribution is 2.33. The van der Waals surface area contributed by atoms with Gasteiger partial charge in [-0.2, -0.15) is 8.78 Å². The number of ether oxygens (including phenoxy) is 2. The smallest absolute Gasteiger partial charge is 0.387 e. The van der Waals surface area contributed by atoms with Crippen LogP contribution in [0.3, 0.4) is 0 Å². The van der Waals surface area contributed by atoms with Crippen molar-refractivity contribution in [2.75, 3.05) is 6.61 Å². The van der Waals surface area contributed by atoms with Crippen LogP contribution in [0.15, 0.2) is 66.7 Å². The Morgan fingerprint density at radius 3 is 2.16 bits per heavy atom. The van der Waals surface area contributed by atoms with Crippen molar-refractivity contribution in [1.82, 2.24) is 0 Å². The van der Waals surface area contributed by atoms with Crippen LogP contribution in [0.25, 0.3) is 21.9 Å². The highest BCUT2D eigenvalue weighted by molar-refractivity contribution is 5.88. The number of rotatable bonds is 12. The van der Waals surface area contributed by atoms with Crippen molar-refractivity contribution in [2.24, 2.45) is 0 Å². The van der Waals surface area contributed by atoms with Crippen molar-refractivity contribution < 1.29 is 31.4 Å². The third-order valence-corrected chi connectivity index (χ3v) is 6.44. The van der Waals surface area contributed by atoms with Gasteiger partial charge in [0.05, 0.1) is 12.2 Å². The summed E-state index contributed by atoms with van der Waals surface area (Å²) >= 11 is 0. The summed E-state index contributed by atoms with van der Waals surface area (Å²) in [6.45, 7) is -0.389. The van der Waals surface area contributed by atoms with Crippen LogP contribution in [0.2, 0.25) is 0 Å². The number of fused-ring (bicyclic) bond motifs is 1. The van der Waals surface area contributed by atoms with Crippen molar-refractivity contribution in [3.63, 3.8) is 0 Å². The summed E-state index contributed by atoms with van der Waals surface area (Å²) in [7, 11) is 0. The second-order valence-electron chi connectivity index (χ2n) is 9.17. The minimum Gasteiger partial charge on any atom is -0.493 e. The molecule has 0 heterocycles. The van der Waals surface area contributed by atoms with Gasteiger partial charge in [0.1, 0.15) is 29.0 Å². The van der Waals surface area contributed by atoms with Crippen LogP contribution in [0.4, 0.5) is 22.0 Å². The van der Waals surface area contributed by atoms with Crippen LogP contribution >= 0.6 is 0 Å². The molecule has 200 valence electrons. The molecule has 0 N–H and O–H groups in total. The number of hydrogen-bond acceptors (Lipinski definition) is 2. The molecule has 0 saturated carbocycles. The van der Waals surface area contributed by atoms with Gasteiger partial charge < -0.3 is 9.47 Å². The van der Waals surface area contributed by atoms with Crippen molar-refractivity contribution in [1.29, 1.82) is 0 Å². The van der Waals surface area contributed by atoms with Gasteiger partial charge in [-0.05, 0) is 59.5 Å². The Morgan fingerprint density at radius 1 is 0.737 bits per heavy atom. The lowest BCUT2D eigenvalue weighted by molar-refractivity contribution is -0.0498. The molecule has 7 heteroatoms. The molecular formula is C31H29F5O2. The van der Waals surface area contributed by atoms with E-state index >= 15 is 4.39 Å². The average Bonchev–Trinajstić information content (AvgIpc) is 2.88. The molecular weight excluding hydrogens is 499 g/mol. The van der Waals surface area contributed by atoms with Crippen LogP contribution < -0.4 is 9.47 Å². The fraction of sp³-hybridized carbons (Fsp3) is 0.290. The van der Waals surface area contributed by atoms with E-state index in [1.807, 2.05) is 0 Å². The Hall–Kier alpha value is -3.61. The zero-order chi connectivity index (χ0) is 27.1. The maximum Gasteiger partial charge on any atom is 0.387 e. The number of aryl methyl sites for hydroxylation is 2. The van der Waals surface area contributed by atoms with Crippen molar-refractivity contribution in [3.05, 3.63) is 95.3 Å². The average molecular weight is 529 g/mol. The molecule has 4 aromatic carbocycles. The molecule has 0 aliphatic heterocycles. The van der Waals surface area contributed by atoms with Gasteiger partial charge in [-0.25, -0.2) is 13.2 Å². The minimum atomic E-state index is -2.89. The van der Waals surface area contributed by atoms with Gasteiger partial charge in [0, 0.05) is 17.5 Å². The zero-order valence-corrected chi connectivity index (χ0v) is 21.1. The summed E-state index contributed by atoms with van der Waals surface area (Å²) < 4.78 is 79.5. The fourth-order valence-corrected chi connectivity index (χ4v) is 4.43. The lowest BCUT2D eigenvalue weighted by Gasteiger charge is -2.12. The van der Waals surface area contributed by atoms with E-state index in [1.54, 1.807) is 30.3 Å². The Bertz CT molecular complexity index is 1350. The molecule has 2 nitrogen and oxygen atoms in total. The number of benzene rings is 4. The number of unbranched alkanes of at least 4 members (excludes halogenated alkanes) is 3. The largest absolute Gasteiger partial charge is 0.493 e. The summed E-state index contributed by atoms with van der Waals surface area (Å²) in [5, 5.41) is 0.868. The van der Waals surface area contributed by atoms with Gasteiger partial charge in [0.25, 0.3) is 0 Å². The Balaban J connectivity index is 1.47. The quantitative estimate of drug-likeness (QED) is 0.135. The predicted octanol–water partition coefficient (Wildman–Crippen LogP) is 9.27. The topological polar surface area (TPSA) is 18.5 Å². The maximum absolute atomic E-state index is 15.3. The molecule has 0 spiro atoms. The highest BCUT2D eigenvalue weighted by Gasteiger charge is 2.16. The van der Waals surface area contributed by atoms with E-state index < -0.39 is 24.1 Å². The predicted molar refractivity (Wildman–Crippen MR) is 139 cm³/mol. The highest BCUT2D eigenvalue weighted by atomic mass is 19.3. The lowest BCUT2D eigenvalue weighted by Crippen LogP contribution is -2.02. The van der Waals surface area contributed by atoms with E-state index in [9.17, 15) is 17.6 Å². The van der Waals surface area contributed by atoms with E-state index in [0.717, 1.165) is 31.2 Å². The van der Waals surface area contributed by atoms with Crippen molar-refractivity contribution in [2.45, 2.75) is 52.1 Å². The summed E-state index contributed by atoms with van der Waals surface area (Å²) in [6, 6.07) is 16.5.